The molecule has 0 radical (unpaired) electrons. The molecule has 1 N–H and O–H groups in total. The summed E-state index contributed by atoms with van der Waals surface area (Å²) in [4.78, 5) is 18.7. The molecule has 0 saturated carbocycles. The van der Waals surface area contributed by atoms with E-state index in [0.717, 1.165) is 77.7 Å². The number of rotatable bonds is 11. The second-order valence-corrected chi connectivity index (χ2v) is 10.6. The molecular weight excluding hydrogens is 420 g/mol. The van der Waals surface area contributed by atoms with Gasteiger partial charge in [0.05, 0.1) is 0 Å². The van der Waals surface area contributed by atoms with Crippen molar-refractivity contribution in [2.24, 2.45) is 5.92 Å². The highest BCUT2D eigenvalue weighted by Gasteiger charge is 2.49. The van der Waals surface area contributed by atoms with Gasteiger partial charge in [-0.3, -0.25) is 4.79 Å². The van der Waals surface area contributed by atoms with Crippen LogP contribution in [0.3, 0.4) is 0 Å². The second kappa shape index (κ2) is 13.2. The number of nitrogens with zero attached hydrogens (tertiary/aromatic N) is 1. The summed E-state index contributed by atoms with van der Waals surface area (Å²) in [7, 11) is -1.42. The Morgan fingerprint density at radius 3 is 2.58 bits per heavy atom. The Kier molecular flexibility index (Phi) is 10.7. The first kappa shape index (κ1) is 25.1. The largest absolute Gasteiger partial charge is 0.381 e. The van der Waals surface area contributed by atoms with Crippen molar-refractivity contribution in [3.63, 3.8) is 0 Å². The van der Waals surface area contributed by atoms with Gasteiger partial charge in [-0.2, -0.15) is 0 Å². The molecule has 0 bridgehead atoms. The molecule has 1 amide bonds. The van der Waals surface area contributed by atoms with E-state index in [0.29, 0.717) is 38.6 Å². The van der Waals surface area contributed by atoms with Crippen LogP contribution < -0.4 is 5.48 Å². The fourth-order valence-corrected chi connectivity index (χ4v) is 6.16. The molecular formula is C22H40N2O6S. The highest BCUT2D eigenvalue weighted by molar-refractivity contribution is 7.85. The van der Waals surface area contributed by atoms with E-state index in [1.165, 1.54) is 0 Å². The average molecular weight is 461 g/mol. The molecule has 9 heteroatoms. The number of unbranched alkanes of at least 4 members (excludes halogenated alkanes) is 1. The SMILES string of the molecule is CCCCOCCC1CCN(S(=O)C2(C(=O)NOC3CCCCO3)CCOCC2)CC1. The average Bonchev–Trinajstić information content (AvgIpc) is 2.83. The Labute approximate surface area is 189 Å². The van der Waals surface area contributed by atoms with Crippen LogP contribution >= 0.6 is 0 Å². The lowest BCUT2D eigenvalue weighted by molar-refractivity contribution is -0.202. The Hall–Kier alpha value is -0.580. The smallest absolute Gasteiger partial charge is 0.264 e. The zero-order valence-corrected chi connectivity index (χ0v) is 19.8. The molecule has 3 saturated heterocycles. The van der Waals surface area contributed by atoms with Crippen molar-refractivity contribution in [2.75, 3.05) is 46.1 Å². The van der Waals surface area contributed by atoms with Crippen molar-refractivity contribution in [3.05, 3.63) is 0 Å². The summed E-state index contributed by atoms with van der Waals surface area (Å²) >= 11 is 0. The van der Waals surface area contributed by atoms with Crippen LogP contribution in [0.5, 0.6) is 0 Å². The van der Waals surface area contributed by atoms with E-state index in [1.54, 1.807) is 0 Å². The van der Waals surface area contributed by atoms with E-state index in [9.17, 15) is 9.00 Å². The van der Waals surface area contributed by atoms with Crippen molar-refractivity contribution in [1.82, 2.24) is 9.79 Å². The van der Waals surface area contributed by atoms with Gasteiger partial charge in [0.25, 0.3) is 5.91 Å². The molecule has 31 heavy (non-hydrogen) atoms. The number of hydroxylamine groups is 1. The van der Waals surface area contributed by atoms with Gasteiger partial charge >= 0.3 is 0 Å². The van der Waals surface area contributed by atoms with Crippen molar-refractivity contribution in [2.45, 2.75) is 82.2 Å². The quantitative estimate of drug-likeness (QED) is 0.377. The van der Waals surface area contributed by atoms with E-state index in [4.69, 9.17) is 19.0 Å². The summed E-state index contributed by atoms with van der Waals surface area (Å²) in [5, 5.41) is 0. The number of amides is 1. The lowest BCUT2D eigenvalue weighted by atomic mass is 9.95. The third kappa shape index (κ3) is 7.20. The predicted molar refractivity (Wildman–Crippen MR) is 118 cm³/mol. The maximum atomic E-state index is 13.6. The number of hydrogen-bond donors (Lipinski definition) is 1. The maximum absolute atomic E-state index is 13.6. The van der Waals surface area contributed by atoms with Crippen LogP contribution in [-0.2, 0) is 34.8 Å². The molecule has 3 heterocycles. The molecule has 0 aromatic carbocycles. The Balaban J connectivity index is 1.49. The third-order valence-corrected chi connectivity index (χ3v) is 8.69. The van der Waals surface area contributed by atoms with Crippen LogP contribution in [0, 0.1) is 5.92 Å². The zero-order chi connectivity index (χ0) is 21.9. The summed E-state index contributed by atoms with van der Waals surface area (Å²) in [5.41, 5.74) is 2.58. The first-order chi connectivity index (χ1) is 15.2. The number of nitrogens with one attached hydrogen (secondary N) is 1. The van der Waals surface area contributed by atoms with E-state index in [2.05, 4.69) is 12.4 Å². The van der Waals surface area contributed by atoms with Crippen molar-refractivity contribution in [3.8, 4) is 0 Å². The van der Waals surface area contributed by atoms with Gasteiger partial charge in [-0.05, 0) is 57.3 Å². The molecule has 8 nitrogen and oxygen atoms in total. The Morgan fingerprint density at radius 1 is 1.13 bits per heavy atom. The lowest BCUT2D eigenvalue weighted by Crippen LogP contribution is -2.58. The minimum Gasteiger partial charge on any atom is -0.381 e. The monoisotopic (exact) mass is 460 g/mol. The zero-order valence-electron chi connectivity index (χ0n) is 19.0. The van der Waals surface area contributed by atoms with Gasteiger partial charge in [-0.1, -0.05) is 13.3 Å². The van der Waals surface area contributed by atoms with E-state index in [1.807, 2.05) is 4.31 Å². The molecule has 3 aliphatic rings. The first-order valence-electron chi connectivity index (χ1n) is 12.1. The van der Waals surface area contributed by atoms with E-state index < -0.39 is 22.0 Å². The lowest BCUT2D eigenvalue weighted by Gasteiger charge is -2.40. The summed E-state index contributed by atoms with van der Waals surface area (Å²) < 4.78 is 31.3. The summed E-state index contributed by atoms with van der Waals surface area (Å²) in [6.07, 6.45) is 8.55. The van der Waals surface area contributed by atoms with E-state index in [-0.39, 0.29) is 5.91 Å². The predicted octanol–water partition coefficient (Wildman–Crippen LogP) is 2.69. The van der Waals surface area contributed by atoms with Crippen LogP contribution in [-0.4, -0.2) is 71.6 Å². The van der Waals surface area contributed by atoms with Gasteiger partial charge in [0.1, 0.15) is 15.7 Å². The summed E-state index contributed by atoms with van der Waals surface area (Å²) in [5.74, 6) is 0.288. The highest BCUT2D eigenvalue weighted by Crippen LogP contribution is 2.33. The number of ether oxygens (including phenoxy) is 3. The molecule has 180 valence electrons. The number of piperidine rings is 1. The minimum atomic E-state index is -1.42. The summed E-state index contributed by atoms with van der Waals surface area (Å²) in [6, 6.07) is 0. The molecule has 0 aliphatic carbocycles. The van der Waals surface area contributed by atoms with Crippen LogP contribution in [0.15, 0.2) is 0 Å². The third-order valence-electron chi connectivity index (χ3n) is 6.59. The molecule has 0 aromatic heterocycles. The van der Waals surface area contributed by atoms with Crippen molar-refractivity contribution < 1.29 is 28.1 Å². The molecule has 2 unspecified atom stereocenters. The molecule has 0 spiro atoms. The minimum absolute atomic E-state index is 0.310. The molecule has 3 rings (SSSR count). The van der Waals surface area contributed by atoms with E-state index >= 15 is 0 Å². The van der Waals surface area contributed by atoms with Gasteiger partial charge in [0, 0.05) is 52.5 Å². The van der Waals surface area contributed by atoms with Crippen LogP contribution in [0.25, 0.3) is 0 Å². The van der Waals surface area contributed by atoms with Crippen LogP contribution in [0.4, 0.5) is 0 Å². The van der Waals surface area contributed by atoms with Gasteiger partial charge in [0.15, 0.2) is 6.29 Å². The van der Waals surface area contributed by atoms with Crippen molar-refractivity contribution >= 4 is 16.9 Å². The number of carbonyl (C=O) groups excluding carboxylic acids is 1. The molecule has 3 fully saturated rings. The molecule has 3 aliphatic heterocycles. The topological polar surface area (TPSA) is 86.3 Å². The number of hydrogen-bond acceptors (Lipinski definition) is 6. The summed E-state index contributed by atoms with van der Waals surface area (Å²) in [6.45, 7) is 6.81. The molecule has 0 aromatic rings. The second-order valence-electron chi connectivity index (χ2n) is 8.83. The fraction of sp³-hybridized carbons (Fsp3) is 0.955. The fourth-order valence-electron chi connectivity index (χ4n) is 4.41. The standard InChI is InChI=1S/C22H40N2O6S/c1-2-3-14-27-16-9-19-7-12-24(13-8-19)31(26)22(10-17-28-18-11-22)21(25)23-30-20-6-4-5-15-29-20/h19-20H,2-18H2,1H3,(H,23,25). The number of carbonyl (C=O) groups is 1. The normalized spacial score (nSPS) is 26.4. The van der Waals surface area contributed by atoms with Gasteiger partial charge in [0.2, 0.25) is 0 Å². The Bertz CT molecular complexity index is 558. The first-order valence-corrected chi connectivity index (χ1v) is 13.2. The highest BCUT2D eigenvalue weighted by atomic mass is 32.2. The van der Waals surface area contributed by atoms with Crippen molar-refractivity contribution in [1.29, 1.82) is 0 Å². The molecule has 2 atom stereocenters. The van der Waals surface area contributed by atoms with Crippen LogP contribution in [0.1, 0.15) is 71.1 Å². The van der Waals surface area contributed by atoms with Gasteiger partial charge in [-0.15, -0.1) is 0 Å². The Morgan fingerprint density at radius 2 is 1.90 bits per heavy atom. The van der Waals surface area contributed by atoms with Gasteiger partial charge < -0.3 is 14.2 Å². The maximum Gasteiger partial charge on any atom is 0.264 e. The van der Waals surface area contributed by atoms with Crippen LogP contribution in [0.2, 0.25) is 0 Å². The van der Waals surface area contributed by atoms with Gasteiger partial charge in [-0.25, -0.2) is 18.8 Å².